The first-order valence-corrected chi connectivity index (χ1v) is 4.27. The van der Waals surface area contributed by atoms with Crippen molar-refractivity contribution in [2.24, 2.45) is 0 Å². The van der Waals surface area contributed by atoms with Crippen LogP contribution >= 0.6 is 0 Å². The SMILES string of the molecule is C=C[CH]N(CC=C)c1ccccc1. The fraction of sp³-hybridized carbons (Fsp3) is 0.0833. The number of para-hydroxylation sites is 1. The highest BCUT2D eigenvalue weighted by atomic mass is 15.1. The van der Waals surface area contributed by atoms with Crippen LogP contribution in [0, 0.1) is 6.54 Å². The summed E-state index contributed by atoms with van der Waals surface area (Å²) in [6.45, 7) is 10.1. The first-order valence-electron chi connectivity index (χ1n) is 4.27. The van der Waals surface area contributed by atoms with Crippen molar-refractivity contribution in [2.75, 3.05) is 11.4 Å². The van der Waals surface area contributed by atoms with E-state index in [2.05, 4.69) is 30.2 Å². The molecule has 0 aromatic heterocycles. The lowest BCUT2D eigenvalue weighted by Crippen LogP contribution is -2.18. The first kappa shape index (κ1) is 9.59. The molecule has 1 rings (SSSR count). The molecule has 0 amide bonds. The van der Waals surface area contributed by atoms with Crippen molar-refractivity contribution in [1.29, 1.82) is 0 Å². The molecule has 1 nitrogen and oxygen atoms in total. The summed E-state index contributed by atoms with van der Waals surface area (Å²) in [6, 6.07) is 10.2. The van der Waals surface area contributed by atoms with E-state index < -0.39 is 0 Å². The van der Waals surface area contributed by atoms with E-state index in [9.17, 15) is 0 Å². The normalized spacial score (nSPS) is 9.23. The molecule has 0 bridgehead atoms. The van der Waals surface area contributed by atoms with Crippen molar-refractivity contribution in [3.8, 4) is 0 Å². The Morgan fingerprint density at radius 1 is 1.15 bits per heavy atom. The van der Waals surface area contributed by atoms with Gasteiger partial charge in [-0.1, -0.05) is 30.4 Å². The summed E-state index contributed by atoms with van der Waals surface area (Å²) in [5, 5.41) is 0. The molecule has 0 aliphatic heterocycles. The number of hydrogen-bond acceptors (Lipinski definition) is 1. The molecule has 0 unspecified atom stereocenters. The van der Waals surface area contributed by atoms with E-state index in [1.54, 1.807) is 6.08 Å². The smallest absolute Gasteiger partial charge is 0.0713 e. The summed E-state index contributed by atoms with van der Waals surface area (Å²) in [5.41, 5.74) is 1.15. The third-order valence-electron chi connectivity index (χ3n) is 1.70. The van der Waals surface area contributed by atoms with E-state index >= 15 is 0 Å². The van der Waals surface area contributed by atoms with Gasteiger partial charge in [0.1, 0.15) is 0 Å². The van der Waals surface area contributed by atoms with Crippen LogP contribution in [0.1, 0.15) is 0 Å². The third kappa shape index (κ3) is 2.79. The van der Waals surface area contributed by atoms with E-state index in [1.807, 2.05) is 30.8 Å². The van der Waals surface area contributed by atoms with Crippen LogP contribution < -0.4 is 4.90 Å². The largest absolute Gasteiger partial charge is 0.359 e. The molecule has 0 N–H and O–H groups in total. The maximum atomic E-state index is 3.71. The number of benzene rings is 1. The number of nitrogens with zero attached hydrogens (tertiary/aromatic N) is 1. The number of anilines is 1. The van der Waals surface area contributed by atoms with Gasteiger partial charge < -0.3 is 4.90 Å². The molecular formula is C12H14N. The van der Waals surface area contributed by atoms with Gasteiger partial charge in [0.05, 0.1) is 6.54 Å². The highest BCUT2D eigenvalue weighted by Gasteiger charge is 2.00. The van der Waals surface area contributed by atoms with Gasteiger partial charge in [0.15, 0.2) is 0 Å². The molecule has 0 fully saturated rings. The summed E-state index contributed by atoms with van der Waals surface area (Å²) in [4.78, 5) is 2.08. The monoisotopic (exact) mass is 172 g/mol. The zero-order chi connectivity index (χ0) is 9.52. The van der Waals surface area contributed by atoms with Crippen molar-refractivity contribution in [1.82, 2.24) is 0 Å². The Kier molecular flexibility index (Phi) is 3.83. The molecule has 13 heavy (non-hydrogen) atoms. The highest BCUT2D eigenvalue weighted by Crippen LogP contribution is 2.14. The lowest BCUT2D eigenvalue weighted by molar-refractivity contribution is 1.04. The fourth-order valence-corrected chi connectivity index (χ4v) is 1.14. The fourth-order valence-electron chi connectivity index (χ4n) is 1.14. The molecule has 0 saturated carbocycles. The quantitative estimate of drug-likeness (QED) is 0.617. The molecule has 0 aliphatic carbocycles. The van der Waals surface area contributed by atoms with E-state index in [-0.39, 0.29) is 0 Å². The summed E-state index contributed by atoms with van der Waals surface area (Å²) in [5.74, 6) is 0. The Labute approximate surface area is 80.0 Å². The minimum absolute atomic E-state index is 0.802. The second kappa shape index (κ2) is 5.20. The van der Waals surface area contributed by atoms with Gasteiger partial charge in [-0.2, -0.15) is 0 Å². The van der Waals surface area contributed by atoms with E-state index in [1.165, 1.54) is 0 Å². The van der Waals surface area contributed by atoms with Crippen LogP contribution in [0.25, 0.3) is 0 Å². The molecule has 67 valence electrons. The molecule has 0 spiro atoms. The molecule has 1 aromatic rings. The maximum Gasteiger partial charge on any atom is 0.0713 e. The Hall–Kier alpha value is -1.50. The molecule has 1 heteroatoms. The van der Waals surface area contributed by atoms with E-state index in [0.29, 0.717) is 0 Å². The maximum absolute atomic E-state index is 3.71. The van der Waals surface area contributed by atoms with Crippen LogP contribution in [-0.4, -0.2) is 6.54 Å². The topological polar surface area (TPSA) is 3.24 Å². The van der Waals surface area contributed by atoms with Crippen molar-refractivity contribution >= 4 is 5.69 Å². The molecule has 1 aromatic carbocycles. The van der Waals surface area contributed by atoms with E-state index in [0.717, 1.165) is 12.2 Å². The zero-order valence-electron chi connectivity index (χ0n) is 7.69. The highest BCUT2D eigenvalue weighted by molar-refractivity contribution is 5.49. The number of rotatable bonds is 5. The standard InChI is InChI=1S/C12H14N/c1-3-10-13(11-4-2)12-8-6-5-7-9-12/h3-10H,1-2,11H2. The Balaban J connectivity index is 2.75. The third-order valence-corrected chi connectivity index (χ3v) is 1.70. The minimum atomic E-state index is 0.802. The average molecular weight is 172 g/mol. The second-order valence-corrected chi connectivity index (χ2v) is 2.66. The van der Waals surface area contributed by atoms with Crippen LogP contribution in [0.3, 0.4) is 0 Å². The van der Waals surface area contributed by atoms with Crippen LogP contribution in [0.4, 0.5) is 5.69 Å². The van der Waals surface area contributed by atoms with Crippen molar-refractivity contribution in [3.63, 3.8) is 0 Å². The summed E-state index contributed by atoms with van der Waals surface area (Å²) < 4.78 is 0. The zero-order valence-corrected chi connectivity index (χ0v) is 7.69. The van der Waals surface area contributed by atoms with Crippen LogP contribution in [-0.2, 0) is 0 Å². The summed E-state index contributed by atoms with van der Waals surface area (Å²) in [6.07, 6.45) is 3.64. The Bertz CT molecular complexity index is 254. The minimum Gasteiger partial charge on any atom is -0.359 e. The first-order chi connectivity index (χ1) is 6.38. The van der Waals surface area contributed by atoms with Gasteiger partial charge in [-0.25, -0.2) is 0 Å². The van der Waals surface area contributed by atoms with Crippen LogP contribution in [0.15, 0.2) is 55.6 Å². The Morgan fingerprint density at radius 2 is 1.85 bits per heavy atom. The van der Waals surface area contributed by atoms with Crippen LogP contribution in [0.5, 0.6) is 0 Å². The average Bonchev–Trinajstić information content (AvgIpc) is 2.19. The van der Waals surface area contributed by atoms with E-state index in [4.69, 9.17) is 0 Å². The van der Waals surface area contributed by atoms with Gasteiger partial charge >= 0.3 is 0 Å². The molecular weight excluding hydrogens is 158 g/mol. The Morgan fingerprint density at radius 3 is 2.38 bits per heavy atom. The predicted molar refractivity (Wildman–Crippen MR) is 58.5 cm³/mol. The van der Waals surface area contributed by atoms with Crippen molar-refractivity contribution in [2.45, 2.75) is 0 Å². The summed E-state index contributed by atoms with van der Waals surface area (Å²) >= 11 is 0. The van der Waals surface area contributed by atoms with Crippen molar-refractivity contribution in [3.05, 3.63) is 62.2 Å². The number of hydrogen-bond donors (Lipinski definition) is 0. The van der Waals surface area contributed by atoms with Gasteiger partial charge in [0, 0.05) is 12.2 Å². The predicted octanol–water partition coefficient (Wildman–Crippen LogP) is 3.03. The second-order valence-electron chi connectivity index (χ2n) is 2.66. The van der Waals surface area contributed by atoms with Gasteiger partial charge in [0.25, 0.3) is 0 Å². The van der Waals surface area contributed by atoms with Crippen molar-refractivity contribution < 1.29 is 0 Å². The lowest BCUT2D eigenvalue weighted by atomic mass is 10.3. The molecule has 0 heterocycles. The molecule has 0 atom stereocenters. The molecule has 0 saturated heterocycles. The van der Waals surface area contributed by atoms with Gasteiger partial charge in [-0.3, -0.25) is 0 Å². The lowest BCUT2D eigenvalue weighted by Gasteiger charge is -2.20. The van der Waals surface area contributed by atoms with Gasteiger partial charge in [-0.05, 0) is 12.1 Å². The van der Waals surface area contributed by atoms with Gasteiger partial charge in [0.2, 0.25) is 0 Å². The molecule has 1 radical (unpaired) electrons. The van der Waals surface area contributed by atoms with Crippen LogP contribution in [0.2, 0.25) is 0 Å². The van der Waals surface area contributed by atoms with Gasteiger partial charge in [-0.15, -0.1) is 13.2 Å². The summed E-state index contributed by atoms with van der Waals surface area (Å²) in [7, 11) is 0. The molecule has 0 aliphatic rings.